The number of nitrogens with zero attached hydrogens (tertiary/aromatic N) is 4. The van der Waals surface area contributed by atoms with Crippen LogP contribution in [-0.4, -0.2) is 30.8 Å². The Labute approximate surface area is 136 Å². The second-order valence-electron chi connectivity index (χ2n) is 5.34. The molecule has 4 rings (SSSR count). The van der Waals surface area contributed by atoms with Gasteiger partial charge in [-0.2, -0.15) is 5.10 Å². The minimum Gasteiger partial charge on any atom is -0.477 e. The second-order valence-corrected chi connectivity index (χ2v) is 5.34. The van der Waals surface area contributed by atoms with Crippen molar-refractivity contribution >= 4 is 17.1 Å². The van der Waals surface area contributed by atoms with Crippen LogP contribution in [0.1, 0.15) is 10.5 Å². The molecule has 3 aromatic heterocycles. The van der Waals surface area contributed by atoms with Crippen molar-refractivity contribution in [2.24, 2.45) is 7.05 Å². The molecule has 3 heterocycles. The molecule has 0 saturated carbocycles. The van der Waals surface area contributed by atoms with Gasteiger partial charge in [0, 0.05) is 30.6 Å². The summed E-state index contributed by atoms with van der Waals surface area (Å²) in [6, 6.07) is 8.80. The summed E-state index contributed by atoms with van der Waals surface area (Å²) in [7, 11) is 1.86. The number of aromatic nitrogens is 4. The van der Waals surface area contributed by atoms with E-state index < -0.39 is 5.97 Å². The SMILES string of the molecule is Cn1cc(-c2ccc3oc(-c4ccnc(C(=O)O)c4)nc3c2)cn1. The summed E-state index contributed by atoms with van der Waals surface area (Å²) < 4.78 is 7.47. The molecule has 0 aliphatic rings. The summed E-state index contributed by atoms with van der Waals surface area (Å²) in [6.07, 6.45) is 5.13. The predicted molar refractivity (Wildman–Crippen MR) is 86.4 cm³/mol. The second kappa shape index (κ2) is 5.31. The Bertz CT molecular complexity index is 1060. The van der Waals surface area contributed by atoms with E-state index in [4.69, 9.17) is 9.52 Å². The first-order valence-electron chi connectivity index (χ1n) is 7.19. The first-order chi connectivity index (χ1) is 11.6. The highest BCUT2D eigenvalue weighted by Gasteiger charge is 2.12. The van der Waals surface area contributed by atoms with Crippen LogP contribution in [0.3, 0.4) is 0 Å². The van der Waals surface area contributed by atoms with Gasteiger partial charge in [0.15, 0.2) is 5.58 Å². The van der Waals surface area contributed by atoms with E-state index in [1.807, 2.05) is 31.4 Å². The highest BCUT2D eigenvalue weighted by Crippen LogP contribution is 2.28. The van der Waals surface area contributed by atoms with Crippen molar-refractivity contribution in [3.8, 4) is 22.6 Å². The Morgan fingerprint density at radius 3 is 2.79 bits per heavy atom. The topological polar surface area (TPSA) is 94.0 Å². The molecule has 0 aliphatic heterocycles. The van der Waals surface area contributed by atoms with Crippen molar-refractivity contribution in [2.75, 3.05) is 0 Å². The van der Waals surface area contributed by atoms with Crippen molar-refractivity contribution in [3.05, 3.63) is 54.6 Å². The highest BCUT2D eigenvalue weighted by molar-refractivity contribution is 5.87. The largest absolute Gasteiger partial charge is 0.477 e. The molecular weight excluding hydrogens is 308 g/mol. The average Bonchev–Trinajstić information content (AvgIpc) is 3.20. The Morgan fingerprint density at radius 1 is 1.17 bits per heavy atom. The Morgan fingerprint density at radius 2 is 2.04 bits per heavy atom. The standard InChI is InChI=1S/C17H12N4O3/c1-21-9-12(8-19-21)10-2-3-15-13(6-10)20-16(24-15)11-4-5-18-14(7-11)17(22)23/h2-9H,1H3,(H,22,23). The number of carboxylic acids is 1. The third-order valence-electron chi connectivity index (χ3n) is 3.65. The Balaban J connectivity index is 1.78. The van der Waals surface area contributed by atoms with Crippen molar-refractivity contribution < 1.29 is 14.3 Å². The molecule has 0 atom stereocenters. The van der Waals surface area contributed by atoms with Crippen molar-refractivity contribution in [1.82, 2.24) is 19.7 Å². The van der Waals surface area contributed by atoms with Crippen LogP contribution < -0.4 is 0 Å². The molecule has 7 heteroatoms. The maximum Gasteiger partial charge on any atom is 0.354 e. The van der Waals surface area contributed by atoms with Gasteiger partial charge in [-0.3, -0.25) is 4.68 Å². The van der Waals surface area contributed by atoms with Gasteiger partial charge in [0.25, 0.3) is 0 Å². The van der Waals surface area contributed by atoms with Crippen LogP contribution >= 0.6 is 0 Å². The molecule has 0 fully saturated rings. The van der Waals surface area contributed by atoms with E-state index in [1.54, 1.807) is 16.9 Å². The average molecular weight is 320 g/mol. The summed E-state index contributed by atoms with van der Waals surface area (Å²) in [5.74, 6) is -0.731. The molecule has 0 spiro atoms. The lowest BCUT2D eigenvalue weighted by molar-refractivity contribution is 0.0690. The number of benzene rings is 1. The highest BCUT2D eigenvalue weighted by atomic mass is 16.4. The first kappa shape index (κ1) is 14.1. The van der Waals surface area contributed by atoms with Crippen molar-refractivity contribution in [1.29, 1.82) is 0 Å². The molecule has 4 aromatic rings. The summed E-state index contributed by atoms with van der Waals surface area (Å²) >= 11 is 0. The van der Waals surface area contributed by atoms with E-state index in [2.05, 4.69) is 15.1 Å². The van der Waals surface area contributed by atoms with Gasteiger partial charge in [-0.1, -0.05) is 6.07 Å². The number of carboxylic acid groups (broad SMARTS) is 1. The van der Waals surface area contributed by atoms with Crippen molar-refractivity contribution in [3.63, 3.8) is 0 Å². The summed E-state index contributed by atoms with van der Waals surface area (Å²) in [6.45, 7) is 0. The van der Waals surface area contributed by atoms with Crippen LogP contribution in [-0.2, 0) is 7.05 Å². The maximum absolute atomic E-state index is 11.0. The molecule has 0 aliphatic carbocycles. The van der Waals surface area contributed by atoms with Crippen LogP contribution in [0.15, 0.2) is 53.3 Å². The van der Waals surface area contributed by atoms with Gasteiger partial charge in [0.1, 0.15) is 11.2 Å². The molecule has 0 bridgehead atoms. The number of aromatic carboxylic acids is 1. The Hall–Kier alpha value is -3.48. The summed E-state index contributed by atoms with van der Waals surface area (Å²) in [4.78, 5) is 19.3. The third-order valence-corrected chi connectivity index (χ3v) is 3.65. The molecule has 118 valence electrons. The van der Waals surface area contributed by atoms with E-state index in [0.29, 0.717) is 22.6 Å². The lowest BCUT2D eigenvalue weighted by Crippen LogP contribution is -1.99. The minimum absolute atomic E-state index is 0.0502. The number of fused-ring (bicyclic) bond motifs is 1. The number of hydrogen-bond donors (Lipinski definition) is 1. The third kappa shape index (κ3) is 2.41. The van der Waals surface area contributed by atoms with Gasteiger partial charge in [0.2, 0.25) is 5.89 Å². The zero-order chi connectivity index (χ0) is 16.7. The molecular formula is C17H12N4O3. The first-order valence-corrected chi connectivity index (χ1v) is 7.19. The zero-order valence-corrected chi connectivity index (χ0v) is 12.7. The molecule has 1 aromatic carbocycles. The number of carbonyl (C=O) groups is 1. The molecule has 0 unspecified atom stereocenters. The number of aryl methyl sites for hydroxylation is 1. The van der Waals surface area contributed by atoms with Gasteiger partial charge in [-0.05, 0) is 29.8 Å². The van der Waals surface area contributed by atoms with Gasteiger partial charge in [-0.25, -0.2) is 14.8 Å². The van der Waals surface area contributed by atoms with Crippen molar-refractivity contribution in [2.45, 2.75) is 0 Å². The lowest BCUT2D eigenvalue weighted by Gasteiger charge is -1.96. The molecule has 0 saturated heterocycles. The smallest absolute Gasteiger partial charge is 0.354 e. The fourth-order valence-corrected chi connectivity index (χ4v) is 2.48. The van der Waals surface area contributed by atoms with Crippen LogP contribution in [0.25, 0.3) is 33.7 Å². The fourth-order valence-electron chi connectivity index (χ4n) is 2.48. The monoisotopic (exact) mass is 320 g/mol. The zero-order valence-electron chi connectivity index (χ0n) is 12.7. The van der Waals surface area contributed by atoms with Crippen LogP contribution in [0.4, 0.5) is 0 Å². The van der Waals surface area contributed by atoms with Gasteiger partial charge in [-0.15, -0.1) is 0 Å². The van der Waals surface area contributed by atoms with Gasteiger partial charge < -0.3 is 9.52 Å². The number of hydrogen-bond acceptors (Lipinski definition) is 5. The van der Waals surface area contributed by atoms with Crippen LogP contribution in [0, 0.1) is 0 Å². The van der Waals surface area contributed by atoms with E-state index in [0.717, 1.165) is 11.1 Å². The van der Waals surface area contributed by atoms with E-state index in [1.165, 1.54) is 12.3 Å². The number of rotatable bonds is 3. The lowest BCUT2D eigenvalue weighted by atomic mass is 10.1. The minimum atomic E-state index is -1.09. The van der Waals surface area contributed by atoms with E-state index in [9.17, 15) is 4.79 Å². The quantitative estimate of drug-likeness (QED) is 0.623. The molecule has 7 nitrogen and oxygen atoms in total. The fraction of sp³-hybridized carbons (Fsp3) is 0.0588. The number of pyridine rings is 1. The number of oxazole rings is 1. The molecule has 1 N–H and O–H groups in total. The van der Waals surface area contributed by atoms with Crippen LogP contribution in [0.2, 0.25) is 0 Å². The summed E-state index contributed by atoms with van der Waals surface area (Å²) in [5, 5.41) is 13.2. The van der Waals surface area contributed by atoms with Gasteiger partial charge in [0.05, 0.1) is 6.20 Å². The van der Waals surface area contributed by atoms with Crippen LogP contribution in [0.5, 0.6) is 0 Å². The predicted octanol–water partition coefficient (Wildman–Crippen LogP) is 2.99. The van der Waals surface area contributed by atoms with E-state index >= 15 is 0 Å². The molecule has 0 amide bonds. The maximum atomic E-state index is 11.0. The van der Waals surface area contributed by atoms with E-state index in [-0.39, 0.29) is 5.69 Å². The summed E-state index contributed by atoms with van der Waals surface area (Å²) in [5.41, 5.74) is 3.82. The Kier molecular flexibility index (Phi) is 3.13. The molecule has 24 heavy (non-hydrogen) atoms. The normalized spacial score (nSPS) is 11.0. The van der Waals surface area contributed by atoms with Gasteiger partial charge >= 0.3 is 5.97 Å². The molecule has 0 radical (unpaired) electrons.